The molecule has 10 nitrogen and oxygen atoms in total. The van der Waals surface area contributed by atoms with Gasteiger partial charge in [0.15, 0.2) is 12.3 Å². The Balaban J connectivity index is 1.33. The van der Waals surface area contributed by atoms with Crippen molar-refractivity contribution in [2.45, 2.75) is 38.9 Å². The molecular weight excluding hydrogens is 456 g/mol. The van der Waals surface area contributed by atoms with Crippen molar-refractivity contribution in [2.75, 3.05) is 26.4 Å². The maximum Gasteiger partial charge on any atom is 0.357 e. The predicted molar refractivity (Wildman–Crippen MR) is 123 cm³/mol. The normalized spacial score (nSPS) is 15.6. The fraction of sp³-hybridized carbons (Fsp3) is 0.400. The third-order valence-corrected chi connectivity index (χ3v) is 5.53. The van der Waals surface area contributed by atoms with E-state index in [0.717, 1.165) is 23.1 Å². The fourth-order valence-electron chi connectivity index (χ4n) is 3.70. The molecule has 1 atom stereocenters. The number of oxazole rings is 1. The average molecular weight is 485 g/mol. The van der Waals surface area contributed by atoms with Crippen LogP contribution in [-0.2, 0) is 35.3 Å². The van der Waals surface area contributed by atoms with E-state index in [1.807, 2.05) is 31.2 Å². The summed E-state index contributed by atoms with van der Waals surface area (Å²) in [6, 6.07) is 9.09. The van der Waals surface area contributed by atoms with Gasteiger partial charge in [0, 0.05) is 11.6 Å². The van der Waals surface area contributed by atoms with E-state index in [4.69, 9.17) is 28.5 Å². The molecular formula is C25H28N2O8. The summed E-state index contributed by atoms with van der Waals surface area (Å²) in [6.07, 6.45) is 2.94. The van der Waals surface area contributed by atoms with Crippen LogP contribution in [0.5, 0.6) is 17.4 Å². The Hall–Kier alpha value is -3.63. The van der Waals surface area contributed by atoms with Gasteiger partial charge in [0.05, 0.1) is 25.5 Å². The molecule has 3 heterocycles. The van der Waals surface area contributed by atoms with Crippen LogP contribution in [0.3, 0.4) is 0 Å². The van der Waals surface area contributed by atoms with E-state index >= 15 is 0 Å². The molecule has 1 aliphatic rings. The summed E-state index contributed by atoms with van der Waals surface area (Å²) in [5.41, 5.74) is 2.52. The number of aryl methyl sites for hydroxylation is 2. The van der Waals surface area contributed by atoms with Crippen molar-refractivity contribution in [2.24, 2.45) is 0 Å². The van der Waals surface area contributed by atoms with Crippen LogP contribution in [0.4, 0.5) is 0 Å². The zero-order valence-electron chi connectivity index (χ0n) is 19.4. The zero-order chi connectivity index (χ0) is 24.6. The molecule has 1 saturated heterocycles. The molecule has 35 heavy (non-hydrogen) atoms. The second-order valence-corrected chi connectivity index (χ2v) is 8.00. The number of rotatable bonds is 11. The molecule has 4 rings (SSSR count). The van der Waals surface area contributed by atoms with Crippen molar-refractivity contribution in [3.8, 4) is 17.4 Å². The van der Waals surface area contributed by atoms with Crippen molar-refractivity contribution in [1.82, 2.24) is 9.97 Å². The molecule has 0 aliphatic carbocycles. The van der Waals surface area contributed by atoms with Crippen molar-refractivity contribution >= 4 is 5.97 Å². The monoisotopic (exact) mass is 484 g/mol. The topological polar surface area (TPSA) is 133 Å². The van der Waals surface area contributed by atoms with Gasteiger partial charge in [-0.1, -0.05) is 19.1 Å². The summed E-state index contributed by atoms with van der Waals surface area (Å²) in [6.45, 7) is 3.93. The summed E-state index contributed by atoms with van der Waals surface area (Å²) in [4.78, 5) is 19.3. The Morgan fingerprint density at radius 3 is 2.66 bits per heavy atom. The highest BCUT2D eigenvalue weighted by Crippen LogP contribution is 2.27. The number of carbonyl (C=O) groups is 1. The summed E-state index contributed by atoms with van der Waals surface area (Å²) in [5.74, 6) is 0.190. The van der Waals surface area contributed by atoms with E-state index in [1.54, 1.807) is 6.07 Å². The number of hydrogen-bond acceptors (Lipinski definition) is 9. The minimum atomic E-state index is -1.15. The van der Waals surface area contributed by atoms with E-state index in [9.17, 15) is 9.90 Å². The van der Waals surface area contributed by atoms with E-state index in [-0.39, 0.29) is 30.0 Å². The van der Waals surface area contributed by atoms with Crippen molar-refractivity contribution in [3.05, 3.63) is 65.0 Å². The summed E-state index contributed by atoms with van der Waals surface area (Å²) in [7, 11) is 0. The van der Waals surface area contributed by atoms with E-state index in [2.05, 4.69) is 9.97 Å². The van der Waals surface area contributed by atoms with E-state index in [1.165, 1.54) is 0 Å². The quantitative estimate of drug-likeness (QED) is 0.418. The molecule has 0 saturated carbocycles. The highest BCUT2D eigenvalue weighted by atomic mass is 16.6. The zero-order valence-corrected chi connectivity index (χ0v) is 19.4. The Kier molecular flexibility index (Phi) is 8.17. The molecule has 1 fully saturated rings. The van der Waals surface area contributed by atoms with Crippen molar-refractivity contribution in [1.29, 1.82) is 0 Å². The highest BCUT2D eigenvalue weighted by Gasteiger charge is 2.17. The van der Waals surface area contributed by atoms with Gasteiger partial charge in [0.2, 0.25) is 11.8 Å². The second kappa shape index (κ2) is 11.7. The van der Waals surface area contributed by atoms with Gasteiger partial charge in [-0.15, -0.1) is 0 Å². The van der Waals surface area contributed by atoms with Gasteiger partial charge in [-0.25, -0.2) is 14.8 Å². The Morgan fingerprint density at radius 1 is 1.14 bits per heavy atom. The lowest BCUT2D eigenvalue weighted by Gasteiger charge is -2.23. The molecule has 0 amide bonds. The summed E-state index contributed by atoms with van der Waals surface area (Å²) >= 11 is 0. The first-order valence-corrected chi connectivity index (χ1v) is 11.4. The minimum Gasteiger partial charge on any atom is -0.507 e. The predicted octanol–water partition coefficient (Wildman–Crippen LogP) is 3.19. The highest BCUT2D eigenvalue weighted by molar-refractivity contribution is 5.84. The first-order valence-electron chi connectivity index (χ1n) is 11.4. The molecule has 1 unspecified atom stereocenters. The molecule has 0 radical (unpaired) electrons. The van der Waals surface area contributed by atoms with Crippen LogP contribution in [0, 0.1) is 0 Å². The largest absolute Gasteiger partial charge is 0.507 e. The number of pyridine rings is 1. The van der Waals surface area contributed by atoms with Gasteiger partial charge in [0.1, 0.15) is 30.5 Å². The van der Waals surface area contributed by atoms with Gasteiger partial charge in [-0.05, 0) is 37.0 Å². The van der Waals surface area contributed by atoms with Crippen LogP contribution in [-0.4, -0.2) is 58.7 Å². The number of carboxylic acid groups (broad SMARTS) is 1. The van der Waals surface area contributed by atoms with Gasteiger partial charge >= 0.3 is 5.97 Å². The minimum absolute atomic E-state index is 0.0283. The molecule has 1 aliphatic heterocycles. The first kappa shape index (κ1) is 24.5. The molecule has 186 valence electrons. The maximum absolute atomic E-state index is 10.9. The maximum atomic E-state index is 10.9. The number of ether oxygens (including phenoxy) is 4. The van der Waals surface area contributed by atoms with E-state index in [0.29, 0.717) is 57.3 Å². The molecule has 1 aromatic carbocycles. The number of carboxylic acids is 1. The Labute approximate surface area is 202 Å². The number of benzene rings is 1. The standard InChI is InChI=1S/C25H28N2O8/c1-2-19-20(26-23(11-22(19)28)34-13-18-12-31-9-10-32-18)8-5-16-3-6-17(7-4-16)33-15-24-27-21(14-35-24)25(29)30/h3-4,6-7,11,14,18H,2,5,8-10,12-13,15H2,1H3,(H,26,28)(H,29,30). The average Bonchev–Trinajstić information content (AvgIpc) is 3.36. The molecule has 3 aromatic rings. The summed E-state index contributed by atoms with van der Waals surface area (Å²) < 4.78 is 27.5. The van der Waals surface area contributed by atoms with Crippen LogP contribution < -0.4 is 9.47 Å². The van der Waals surface area contributed by atoms with Crippen LogP contribution in [0.25, 0.3) is 0 Å². The smallest absolute Gasteiger partial charge is 0.357 e. The summed E-state index contributed by atoms with van der Waals surface area (Å²) in [5, 5.41) is 19.4. The number of aromatic hydroxyl groups is 1. The van der Waals surface area contributed by atoms with Crippen LogP contribution in [0.15, 0.2) is 41.0 Å². The van der Waals surface area contributed by atoms with E-state index < -0.39 is 5.97 Å². The van der Waals surface area contributed by atoms with Crippen molar-refractivity contribution in [3.63, 3.8) is 0 Å². The van der Waals surface area contributed by atoms with Gasteiger partial charge < -0.3 is 33.6 Å². The van der Waals surface area contributed by atoms with Crippen LogP contribution in [0.2, 0.25) is 0 Å². The first-order chi connectivity index (χ1) is 17.0. The lowest BCUT2D eigenvalue weighted by Crippen LogP contribution is -2.33. The number of hydrogen-bond donors (Lipinski definition) is 2. The number of nitrogens with zero attached hydrogens (tertiary/aromatic N) is 2. The third-order valence-electron chi connectivity index (χ3n) is 5.53. The molecule has 2 N–H and O–H groups in total. The van der Waals surface area contributed by atoms with Gasteiger partial charge in [-0.2, -0.15) is 0 Å². The second-order valence-electron chi connectivity index (χ2n) is 8.00. The molecule has 2 aromatic heterocycles. The third kappa shape index (κ3) is 6.71. The fourth-order valence-corrected chi connectivity index (χ4v) is 3.70. The number of aromatic carboxylic acids is 1. The molecule has 0 spiro atoms. The lowest BCUT2D eigenvalue weighted by molar-refractivity contribution is -0.102. The molecule has 0 bridgehead atoms. The van der Waals surface area contributed by atoms with Crippen molar-refractivity contribution < 1.29 is 38.4 Å². The SMILES string of the molecule is CCc1c(O)cc(OCC2COCCO2)nc1CCc1ccc(OCc2nc(C(=O)O)co2)cc1. The van der Waals surface area contributed by atoms with Gasteiger partial charge in [-0.3, -0.25) is 0 Å². The van der Waals surface area contributed by atoms with Crippen LogP contribution in [0.1, 0.15) is 40.1 Å². The number of aromatic nitrogens is 2. The molecule has 10 heteroatoms. The lowest BCUT2D eigenvalue weighted by atomic mass is 10.0. The van der Waals surface area contributed by atoms with Gasteiger partial charge in [0.25, 0.3) is 0 Å². The Morgan fingerprint density at radius 2 is 1.97 bits per heavy atom. The Bertz CT molecular complexity index is 1120. The van der Waals surface area contributed by atoms with Crippen LogP contribution >= 0.6 is 0 Å².